The van der Waals surface area contributed by atoms with Crippen LogP contribution < -0.4 is 9.64 Å². The van der Waals surface area contributed by atoms with E-state index in [2.05, 4.69) is 0 Å². The molecule has 2 amide bonds. The summed E-state index contributed by atoms with van der Waals surface area (Å²) in [6, 6.07) is 16.1. The molecule has 1 aliphatic rings. The number of alkyl halides is 1. The first-order valence-corrected chi connectivity index (χ1v) is 10.5. The van der Waals surface area contributed by atoms with Crippen molar-refractivity contribution in [2.75, 3.05) is 11.5 Å². The number of benzene rings is 2. The van der Waals surface area contributed by atoms with Crippen LogP contribution in [0.3, 0.4) is 0 Å². The van der Waals surface area contributed by atoms with E-state index in [4.69, 9.17) is 21.1 Å². The van der Waals surface area contributed by atoms with E-state index in [9.17, 15) is 14.9 Å². The van der Waals surface area contributed by atoms with Crippen molar-refractivity contribution in [3.05, 3.63) is 59.7 Å². The topological polar surface area (TPSA) is 79.6 Å². The quantitative estimate of drug-likeness (QED) is 0.599. The van der Waals surface area contributed by atoms with Gasteiger partial charge in [0.1, 0.15) is 22.1 Å². The number of fused-ring (bicyclic) bond motifs is 1. The number of carbonyl (C=O) groups is 2. The maximum atomic E-state index is 13.9. The molecule has 6 nitrogen and oxygen atoms in total. The lowest BCUT2D eigenvalue weighted by atomic mass is 9.72. The standard InChI is InChI=1S/C24H25ClN2O4/c1-5-30-18-12-10-16(11-13-18)24(14-17(25)15-26)19-8-6-7-9-20(19)27(21(24)28)22(29)31-23(2,3)4/h6-13,17H,5,14H2,1-4H3/t17-,24+/m0/s1. The lowest BCUT2D eigenvalue weighted by Crippen LogP contribution is -2.46. The highest BCUT2D eigenvalue weighted by Gasteiger charge is 2.55. The Morgan fingerprint density at radius 3 is 2.42 bits per heavy atom. The second-order valence-electron chi connectivity index (χ2n) is 8.30. The summed E-state index contributed by atoms with van der Waals surface area (Å²) in [5, 5.41) is 8.47. The zero-order valence-electron chi connectivity index (χ0n) is 18.0. The predicted octanol–water partition coefficient (Wildman–Crippen LogP) is 5.17. The molecular weight excluding hydrogens is 416 g/mol. The molecule has 0 saturated carbocycles. The van der Waals surface area contributed by atoms with E-state index in [0.717, 1.165) is 4.90 Å². The van der Waals surface area contributed by atoms with Crippen molar-refractivity contribution < 1.29 is 19.1 Å². The van der Waals surface area contributed by atoms with Crippen LogP contribution in [0.2, 0.25) is 0 Å². The van der Waals surface area contributed by atoms with Crippen LogP contribution in [0.15, 0.2) is 48.5 Å². The van der Waals surface area contributed by atoms with E-state index in [0.29, 0.717) is 29.2 Å². The molecule has 1 heterocycles. The number of nitriles is 1. The van der Waals surface area contributed by atoms with Gasteiger partial charge in [-0.1, -0.05) is 30.3 Å². The van der Waals surface area contributed by atoms with Gasteiger partial charge in [-0.25, -0.2) is 9.69 Å². The molecule has 0 radical (unpaired) electrons. The normalized spacial score (nSPS) is 18.8. The number of imide groups is 1. The van der Waals surface area contributed by atoms with Gasteiger partial charge in [0.05, 0.1) is 18.4 Å². The van der Waals surface area contributed by atoms with Gasteiger partial charge in [0, 0.05) is 0 Å². The number of halogens is 1. The number of para-hydroxylation sites is 1. The van der Waals surface area contributed by atoms with Crippen LogP contribution >= 0.6 is 11.6 Å². The van der Waals surface area contributed by atoms with Crippen LogP contribution in [0.25, 0.3) is 0 Å². The Morgan fingerprint density at radius 1 is 1.19 bits per heavy atom. The Labute approximate surface area is 187 Å². The third-order valence-electron chi connectivity index (χ3n) is 5.03. The molecule has 0 aliphatic carbocycles. The Kier molecular flexibility index (Phi) is 6.28. The van der Waals surface area contributed by atoms with Gasteiger partial charge in [-0.15, -0.1) is 11.6 Å². The van der Waals surface area contributed by atoms with Crippen LogP contribution in [0.1, 0.15) is 45.2 Å². The maximum Gasteiger partial charge on any atom is 0.421 e. The maximum absolute atomic E-state index is 13.9. The molecule has 0 aromatic heterocycles. The number of hydrogen-bond acceptors (Lipinski definition) is 5. The number of carbonyl (C=O) groups excluding carboxylic acids is 2. The van der Waals surface area contributed by atoms with Crippen LogP contribution in [0.4, 0.5) is 10.5 Å². The van der Waals surface area contributed by atoms with Crippen molar-refractivity contribution in [2.24, 2.45) is 0 Å². The average Bonchev–Trinajstić information content (AvgIpc) is 2.96. The number of hydrogen-bond donors (Lipinski definition) is 0. The van der Waals surface area contributed by atoms with Gasteiger partial charge in [0.15, 0.2) is 0 Å². The number of ether oxygens (including phenoxy) is 2. The Hall–Kier alpha value is -3.04. The van der Waals surface area contributed by atoms with Crippen LogP contribution in [0, 0.1) is 11.3 Å². The van der Waals surface area contributed by atoms with Crippen molar-refractivity contribution in [1.82, 2.24) is 0 Å². The van der Waals surface area contributed by atoms with E-state index >= 15 is 0 Å². The molecule has 0 unspecified atom stereocenters. The van der Waals surface area contributed by atoms with Crippen molar-refractivity contribution in [1.29, 1.82) is 5.26 Å². The molecule has 3 rings (SSSR count). The largest absolute Gasteiger partial charge is 0.494 e. The van der Waals surface area contributed by atoms with E-state index in [1.807, 2.05) is 13.0 Å². The number of amides is 2. The van der Waals surface area contributed by atoms with E-state index < -0.39 is 28.4 Å². The van der Waals surface area contributed by atoms with Gasteiger partial charge in [0.25, 0.3) is 5.91 Å². The zero-order valence-corrected chi connectivity index (χ0v) is 18.8. The monoisotopic (exact) mass is 440 g/mol. The Bertz CT molecular complexity index is 1020. The predicted molar refractivity (Wildman–Crippen MR) is 118 cm³/mol. The van der Waals surface area contributed by atoms with E-state index in [1.165, 1.54) is 0 Å². The minimum absolute atomic E-state index is 0.00812. The summed E-state index contributed by atoms with van der Waals surface area (Å²) in [7, 11) is 0. The van der Waals surface area contributed by atoms with Gasteiger partial charge in [-0.2, -0.15) is 5.26 Å². The molecule has 0 spiro atoms. The molecular formula is C24H25ClN2O4. The molecule has 2 aromatic carbocycles. The van der Waals surface area contributed by atoms with E-state index in [-0.39, 0.29) is 6.42 Å². The first-order chi connectivity index (χ1) is 14.6. The fourth-order valence-corrected chi connectivity index (χ4v) is 4.08. The molecule has 162 valence electrons. The lowest BCUT2D eigenvalue weighted by Gasteiger charge is -2.30. The fraction of sp³-hybridized carbons (Fsp3) is 0.375. The molecule has 7 heteroatoms. The zero-order chi connectivity index (χ0) is 22.8. The third-order valence-corrected chi connectivity index (χ3v) is 5.28. The molecule has 31 heavy (non-hydrogen) atoms. The van der Waals surface area contributed by atoms with Crippen molar-refractivity contribution in [3.63, 3.8) is 0 Å². The van der Waals surface area contributed by atoms with Crippen LogP contribution in [-0.2, 0) is 14.9 Å². The highest BCUT2D eigenvalue weighted by molar-refractivity contribution is 6.25. The molecule has 2 aromatic rings. The van der Waals surface area contributed by atoms with Gasteiger partial charge < -0.3 is 9.47 Å². The smallest absolute Gasteiger partial charge is 0.421 e. The summed E-state index contributed by atoms with van der Waals surface area (Å²) >= 11 is 6.26. The molecule has 0 N–H and O–H groups in total. The second kappa shape index (κ2) is 8.60. The molecule has 0 bridgehead atoms. The number of nitrogens with zero attached hydrogens (tertiary/aromatic N) is 2. The van der Waals surface area contributed by atoms with Crippen molar-refractivity contribution >= 4 is 29.3 Å². The second-order valence-corrected chi connectivity index (χ2v) is 8.83. The number of anilines is 1. The summed E-state index contributed by atoms with van der Waals surface area (Å²) < 4.78 is 11.0. The van der Waals surface area contributed by atoms with E-state index in [1.54, 1.807) is 69.3 Å². The molecule has 0 saturated heterocycles. The van der Waals surface area contributed by atoms with Crippen molar-refractivity contribution in [3.8, 4) is 11.8 Å². The minimum atomic E-state index is -1.31. The first-order valence-electron chi connectivity index (χ1n) is 10.1. The summed E-state index contributed by atoms with van der Waals surface area (Å²) in [6.45, 7) is 7.61. The highest BCUT2D eigenvalue weighted by Crippen LogP contribution is 2.50. The van der Waals surface area contributed by atoms with Gasteiger partial charge in [-0.3, -0.25) is 4.79 Å². The highest BCUT2D eigenvalue weighted by atomic mass is 35.5. The molecule has 2 atom stereocenters. The van der Waals surface area contributed by atoms with Gasteiger partial charge in [-0.05, 0) is 63.4 Å². The fourth-order valence-electron chi connectivity index (χ4n) is 3.84. The van der Waals surface area contributed by atoms with Crippen LogP contribution in [0.5, 0.6) is 5.75 Å². The summed E-state index contributed by atoms with van der Waals surface area (Å²) in [6.07, 6.45) is -0.755. The van der Waals surface area contributed by atoms with Crippen molar-refractivity contribution in [2.45, 2.75) is 50.5 Å². The molecule has 0 fully saturated rings. The summed E-state index contributed by atoms with van der Waals surface area (Å²) in [5.41, 5.74) is -0.424. The summed E-state index contributed by atoms with van der Waals surface area (Å²) in [5.74, 6) is 0.167. The van der Waals surface area contributed by atoms with Gasteiger partial charge >= 0.3 is 6.09 Å². The Morgan fingerprint density at radius 2 is 1.84 bits per heavy atom. The van der Waals surface area contributed by atoms with Gasteiger partial charge in [0.2, 0.25) is 0 Å². The van der Waals surface area contributed by atoms with Crippen LogP contribution in [-0.4, -0.2) is 29.6 Å². The SMILES string of the molecule is CCOc1ccc([C@@]2(C[C@H](Cl)C#N)C(=O)N(C(=O)OC(C)(C)C)c3ccccc32)cc1. The third kappa shape index (κ3) is 4.24. The minimum Gasteiger partial charge on any atom is -0.494 e. The Balaban J connectivity index is 2.19. The molecule has 1 aliphatic heterocycles. The summed E-state index contributed by atoms with van der Waals surface area (Å²) in [4.78, 5) is 28.0. The average molecular weight is 441 g/mol. The lowest BCUT2D eigenvalue weighted by molar-refractivity contribution is -0.121. The first kappa shape index (κ1) is 22.6. The number of rotatable bonds is 5.